The summed E-state index contributed by atoms with van der Waals surface area (Å²) in [5.74, 6) is -2.26. The Hall–Kier alpha value is -2.54. The molecule has 0 aliphatic carbocycles. The van der Waals surface area contributed by atoms with E-state index in [0.29, 0.717) is 0 Å². The molecule has 0 atom stereocenters. The number of carbonyl (C=O) groups is 2. The molecule has 8 heteroatoms. The average molecular weight is 295 g/mol. The maximum atomic E-state index is 13.5. The molecule has 1 aromatic carbocycles. The molecule has 0 saturated carbocycles. The predicted octanol–water partition coefficient (Wildman–Crippen LogP) is 1.34. The number of nitrogens with one attached hydrogen (secondary N) is 2. The summed E-state index contributed by atoms with van der Waals surface area (Å²) < 4.78 is 13.5. The molecule has 2 aromatic rings. The fraction of sp³-hybridized carbons (Fsp3) is 0. The topological polar surface area (TPSA) is 84.0 Å². The van der Waals surface area contributed by atoms with Crippen molar-refractivity contribution in [3.63, 3.8) is 0 Å². The zero-order valence-electron chi connectivity index (χ0n) is 9.93. The Kier molecular flexibility index (Phi) is 4.21. The van der Waals surface area contributed by atoms with Crippen LogP contribution in [0.25, 0.3) is 0 Å². The van der Waals surface area contributed by atoms with Crippen molar-refractivity contribution in [3.05, 3.63) is 58.9 Å². The maximum absolute atomic E-state index is 13.5. The van der Waals surface area contributed by atoms with Gasteiger partial charge in [0.15, 0.2) is 0 Å². The summed E-state index contributed by atoms with van der Waals surface area (Å²) in [7, 11) is 0. The Labute approximate surface area is 118 Å². The van der Waals surface area contributed by atoms with Gasteiger partial charge in [-0.25, -0.2) is 9.37 Å². The summed E-state index contributed by atoms with van der Waals surface area (Å²) >= 11 is 5.57. The van der Waals surface area contributed by atoms with Crippen LogP contribution in [0.1, 0.15) is 20.8 Å². The van der Waals surface area contributed by atoms with Gasteiger partial charge in [0.05, 0.1) is 11.8 Å². The molecule has 1 aromatic heterocycles. The van der Waals surface area contributed by atoms with Crippen LogP contribution in [0.15, 0.2) is 36.8 Å². The number of carbonyl (C=O) groups excluding carboxylic acids is 2. The minimum Gasteiger partial charge on any atom is -0.267 e. The molecule has 2 amide bonds. The third-order valence-corrected chi connectivity index (χ3v) is 2.50. The lowest BCUT2D eigenvalue weighted by molar-refractivity contribution is 0.0841. The van der Waals surface area contributed by atoms with E-state index < -0.39 is 17.6 Å². The molecule has 0 aliphatic heterocycles. The van der Waals surface area contributed by atoms with Gasteiger partial charge in [0.25, 0.3) is 11.8 Å². The highest BCUT2D eigenvalue weighted by atomic mass is 35.5. The lowest BCUT2D eigenvalue weighted by Gasteiger charge is -2.07. The van der Waals surface area contributed by atoms with Crippen LogP contribution in [0.3, 0.4) is 0 Å². The number of halogens is 2. The minimum atomic E-state index is -0.809. The predicted molar refractivity (Wildman–Crippen MR) is 68.4 cm³/mol. The van der Waals surface area contributed by atoms with Gasteiger partial charge < -0.3 is 0 Å². The molecule has 0 radical (unpaired) electrons. The molecule has 2 rings (SSSR count). The lowest BCUT2D eigenvalue weighted by atomic mass is 10.2. The smallest absolute Gasteiger partial charge is 0.267 e. The SMILES string of the molecule is O=C(NNC(=O)c1ccc(Cl)cc1F)c1cnccn1. The monoisotopic (exact) mass is 294 g/mol. The van der Waals surface area contributed by atoms with Crippen molar-refractivity contribution >= 4 is 23.4 Å². The van der Waals surface area contributed by atoms with E-state index in [1.165, 1.54) is 30.7 Å². The molecule has 102 valence electrons. The highest BCUT2D eigenvalue weighted by Gasteiger charge is 2.13. The Morgan fingerprint density at radius 1 is 1.15 bits per heavy atom. The van der Waals surface area contributed by atoms with E-state index >= 15 is 0 Å². The molecule has 20 heavy (non-hydrogen) atoms. The largest absolute Gasteiger partial charge is 0.289 e. The van der Waals surface area contributed by atoms with E-state index in [1.807, 2.05) is 0 Å². The van der Waals surface area contributed by atoms with Crippen LogP contribution in [0.5, 0.6) is 0 Å². The van der Waals surface area contributed by atoms with E-state index in [0.717, 1.165) is 6.07 Å². The van der Waals surface area contributed by atoms with Crippen LogP contribution in [0.2, 0.25) is 5.02 Å². The molecule has 2 N–H and O–H groups in total. The molecule has 0 spiro atoms. The van der Waals surface area contributed by atoms with E-state index in [4.69, 9.17) is 11.6 Å². The first-order chi connectivity index (χ1) is 9.58. The number of aromatic nitrogens is 2. The number of hydrogen-bond acceptors (Lipinski definition) is 4. The zero-order valence-corrected chi connectivity index (χ0v) is 10.7. The minimum absolute atomic E-state index is 0.0179. The van der Waals surface area contributed by atoms with Crippen molar-refractivity contribution in [3.8, 4) is 0 Å². The van der Waals surface area contributed by atoms with Crippen LogP contribution in [0, 0.1) is 5.82 Å². The maximum Gasteiger partial charge on any atom is 0.289 e. The molecule has 0 aliphatic rings. The van der Waals surface area contributed by atoms with Crippen molar-refractivity contribution in [1.29, 1.82) is 0 Å². The summed E-state index contributed by atoms with van der Waals surface area (Å²) in [6.45, 7) is 0. The highest BCUT2D eigenvalue weighted by molar-refractivity contribution is 6.30. The van der Waals surface area contributed by atoms with Crippen molar-refractivity contribution in [1.82, 2.24) is 20.8 Å². The summed E-state index contributed by atoms with van der Waals surface area (Å²) in [5, 5.41) is 0.169. The van der Waals surface area contributed by atoms with E-state index in [9.17, 15) is 14.0 Å². The van der Waals surface area contributed by atoms with Gasteiger partial charge >= 0.3 is 0 Å². The molecule has 0 unspecified atom stereocenters. The Balaban J connectivity index is 2.00. The Morgan fingerprint density at radius 3 is 2.55 bits per heavy atom. The molecular formula is C12H8ClFN4O2. The second kappa shape index (κ2) is 6.07. The van der Waals surface area contributed by atoms with E-state index in [2.05, 4.69) is 20.8 Å². The standard InChI is InChI=1S/C12H8ClFN4O2/c13-7-1-2-8(9(14)5-7)11(19)17-18-12(20)10-6-15-3-4-16-10/h1-6H,(H,17,19)(H,18,20). The first-order valence-corrected chi connectivity index (χ1v) is 5.77. The number of hydrogen-bond donors (Lipinski definition) is 2. The van der Waals surface area contributed by atoms with Crippen LogP contribution in [-0.4, -0.2) is 21.8 Å². The number of hydrazine groups is 1. The van der Waals surface area contributed by atoms with Crippen LogP contribution >= 0.6 is 11.6 Å². The van der Waals surface area contributed by atoms with E-state index in [1.54, 1.807) is 0 Å². The Bertz CT molecular complexity index is 651. The second-order valence-electron chi connectivity index (χ2n) is 3.62. The molecule has 0 saturated heterocycles. The number of nitrogens with zero attached hydrogens (tertiary/aromatic N) is 2. The van der Waals surface area contributed by atoms with Gasteiger partial charge in [0.2, 0.25) is 0 Å². The zero-order chi connectivity index (χ0) is 14.5. The van der Waals surface area contributed by atoms with Gasteiger partial charge in [-0.2, -0.15) is 0 Å². The third kappa shape index (κ3) is 3.27. The molecule has 0 fully saturated rings. The average Bonchev–Trinajstić information content (AvgIpc) is 2.45. The number of benzene rings is 1. The van der Waals surface area contributed by atoms with Crippen molar-refractivity contribution in [2.75, 3.05) is 0 Å². The molecule has 0 bridgehead atoms. The Morgan fingerprint density at radius 2 is 1.90 bits per heavy atom. The van der Waals surface area contributed by atoms with Crippen molar-refractivity contribution in [2.45, 2.75) is 0 Å². The third-order valence-electron chi connectivity index (χ3n) is 2.26. The van der Waals surface area contributed by atoms with Gasteiger partial charge in [-0.3, -0.25) is 25.4 Å². The summed E-state index contributed by atoms with van der Waals surface area (Å²) in [5.41, 5.74) is 3.94. The number of rotatable bonds is 2. The van der Waals surface area contributed by atoms with Gasteiger partial charge in [0.1, 0.15) is 11.5 Å². The van der Waals surface area contributed by atoms with Crippen LogP contribution in [0.4, 0.5) is 4.39 Å². The van der Waals surface area contributed by atoms with Gasteiger partial charge in [-0.05, 0) is 18.2 Å². The van der Waals surface area contributed by atoms with Gasteiger partial charge in [-0.1, -0.05) is 11.6 Å². The molecular weight excluding hydrogens is 287 g/mol. The normalized spacial score (nSPS) is 9.90. The fourth-order valence-electron chi connectivity index (χ4n) is 1.33. The summed E-state index contributed by atoms with van der Waals surface area (Å²) in [4.78, 5) is 30.7. The lowest BCUT2D eigenvalue weighted by Crippen LogP contribution is -2.42. The first-order valence-electron chi connectivity index (χ1n) is 5.39. The van der Waals surface area contributed by atoms with Crippen LogP contribution in [-0.2, 0) is 0 Å². The van der Waals surface area contributed by atoms with Gasteiger partial charge in [0, 0.05) is 17.4 Å². The molecule has 1 heterocycles. The second-order valence-corrected chi connectivity index (χ2v) is 4.06. The van der Waals surface area contributed by atoms with Gasteiger partial charge in [-0.15, -0.1) is 0 Å². The van der Waals surface area contributed by atoms with Crippen molar-refractivity contribution < 1.29 is 14.0 Å². The van der Waals surface area contributed by atoms with E-state index in [-0.39, 0.29) is 16.3 Å². The van der Waals surface area contributed by atoms with Crippen LogP contribution < -0.4 is 10.9 Å². The fourth-order valence-corrected chi connectivity index (χ4v) is 1.49. The summed E-state index contributed by atoms with van der Waals surface area (Å²) in [6.07, 6.45) is 3.96. The first kappa shape index (κ1) is 13.9. The molecule has 6 nitrogen and oxygen atoms in total. The number of amides is 2. The quantitative estimate of drug-likeness (QED) is 0.819. The van der Waals surface area contributed by atoms with Crippen molar-refractivity contribution in [2.24, 2.45) is 0 Å². The summed E-state index contributed by atoms with van der Waals surface area (Å²) in [6, 6.07) is 3.58. The highest BCUT2D eigenvalue weighted by Crippen LogP contribution is 2.14.